The molecule has 3 rings (SSSR count). The summed E-state index contributed by atoms with van der Waals surface area (Å²) in [5.74, 6) is -0.274. The third-order valence-electron chi connectivity index (χ3n) is 4.43. The van der Waals surface area contributed by atoms with Crippen LogP contribution in [0.4, 0.5) is 5.69 Å². The Kier molecular flexibility index (Phi) is 7.63. The van der Waals surface area contributed by atoms with Gasteiger partial charge in [-0.05, 0) is 43.7 Å². The minimum atomic E-state index is -3.17. The Morgan fingerprint density at radius 1 is 1.19 bits per heavy atom. The second kappa shape index (κ2) is 10.4. The Morgan fingerprint density at radius 3 is 2.52 bits per heavy atom. The molecule has 0 aliphatic carbocycles. The molecule has 9 heteroatoms. The molecule has 31 heavy (non-hydrogen) atoms. The first-order valence-corrected chi connectivity index (χ1v) is 11.7. The maximum Gasteiger partial charge on any atom is 0.335 e. The lowest BCUT2D eigenvalue weighted by molar-refractivity contribution is -0.111. The van der Waals surface area contributed by atoms with Crippen LogP contribution >= 0.6 is 7.60 Å². The number of aromatic nitrogens is 2. The zero-order valence-corrected chi connectivity index (χ0v) is 18.7. The number of furan rings is 1. The van der Waals surface area contributed by atoms with E-state index in [1.54, 1.807) is 67.6 Å². The van der Waals surface area contributed by atoms with Crippen molar-refractivity contribution in [1.29, 1.82) is 0 Å². The van der Waals surface area contributed by atoms with Crippen LogP contribution in [0.2, 0.25) is 0 Å². The third kappa shape index (κ3) is 6.04. The molecule has 0 unspecified atom stereocenters. The van der Waals surface area contributed by atoms with Gasteiger partial charge in [-0.15, -0.1) is 0 Å². The largest absolute Gasteiger partial charge is 0.472 e. The van der Waals surface area contributed by atoms with E-state index in [9.17, 15) is 9.36 Å². The molecule has 8 nitrogen and oxygen atoms in total. The van der Waals surface area contributed by atoms with Crippen LogP contribution in [-0.4, -0.2) is 28.9 Å². The summed E-state index contributed by atoms with van der Waals surface area (Å²) >= 11 is 0. The molecule has 0 saturated carbocycles. The molecular formula is C22H26N3O5P. The molecule has 2 heterocycles. The van der Waals surface area contributed by atoms with Crippen molar-refractivity contribution in [3.8, 4) is 11.3 Å². The van der Waals surface area contributed by atoms with Crippen LogP contribution in [0.3, 0.4) is 0 Å². The minimum Gasteiger partial charge on any atom is -0.472 e. The molecule has 0 bridgehead atoms. The summed E-state index contributed by atoms with van der Waals surface area (Å²) in [7, 11) is -1.33. The van der Waals surface area contributed by atoms with Crippen LogP contribution in [-0.2, 0) is 31.6 Å². The van der Waals surface area contributed by atoms with Gasteiger partial charge in [-0.25, -0.2) is 0 Å². The fourth-order valence-corrected chi connectivity index (χ4v) is 4.82. The van der Waals surface area contributed by atoms with E-state index in [-0.39, 0.29) is 12.1 Å². The number of benzene rings is 1. The zero-order chi connectivity index (χ0) is 22.3. The first-order chi connectivity index (χ1) is 14.9. The summed E-state index contributed by atoms with van der Waals surface area (Å²) in [4.78, 5) is 12.3. The number of nitrogens with one attached hydrogen (secondary N) is 1. The number of amides is 1. The van der Waals surface area contributed by atoms with Crippen LogP contribution < -0.4 is 5.32 Å². The molecule has 0 aliphatic rings. The molecule has 2 aromatic heterocycles. The highest BCUT2D eigenvalue weighted by atomic mass is 31.2. The fourth-order valence-electron chi connectivity index (χ4n) is 3.12. The summed E-state index contributed by atoms with van der Waals surface area (Å²) in [6.45, 7) is 4.19. The number of rotatable bonds is 10. The SMILES string of the molecule is CCOP(=O)(Cc1ccc(NC(=O)C=Cc2cnn(C)c2-c2ccoc2)cc1)OCC. The van der Waals surface area contributed by atoms with Crippen LogP contribution in [0.5, 0.6) is 0 Å². The first kappa shape index (κ1) is 22.7. The molecule has 0 saturated heterocycles. The smallest absolute Gasteiger partial charge is 0.335 e. The number of hydrogen-bond acceptors (Lipinski definition) is 6. The maximum absolute atomic E-state index is 12.6. The van der Waals surface area contributed by atoms with Crippen molar-refractivity contribution in [3.63, 3.8) is 0 Å². The van der Waals surface area contributed by atoms with Crippen molar-refractivity contribution < 1.29 is 22.8 Å². The molecule has 0 fully saturated rings. The van der Waals surface area contributed by atoms with Crippen molar-refractivity contribution in [1.82, 2.24) is 9.78 Å². The van der Waals surface area contributed by atoms with Gasteiger partial charge < -0.3 is 18.8 Å². The predicted octanol–water partition coefficient (Wildman–Crippen LogP) is 5.10. The summed E-state index contributed by atoms with van der Waals surface area (Å²) in [5.41, 5.74) is 3.97. The highest BCUT2D eigenvalue weighted by Gasteiger charge is 2.23. The van der Waals surface area contributed by atoms with Gasteiger partial charge in [0.2, 0.25) is 5.91 Å². The third-order valence-corrected chi connectivity index (χ3v) is 6.48. The molecule has 0 radical (unpaired) electrons. The van der Waals surface area contributed by atoms with Crippen molar-refractivity contribution in [2.45, 2.75) is 20.0 Å². The van der Waals surface area contributed by atoms with Crippen molar-refractivity contribution in [2.75, 3.05) is 18.5 Å². The van der Waals surface area contributed by atoms with Gasteiger partial charge in [0, 0.05) is 29.9 Å². The standard InChI is InChI=1S/C22H26N3O5P/c1-4-29-31(27,30-5-2)16-17-6-9-20(10-7-17)24-21(26)11-8-18-14-23-25(3)22(18)19-12-13-28-15-19/h6-15H,4-5,16H2,1-3H3,(H,24,26). The van der Waals surface area contributed by atoms with Gasteiger partial charge in [0.1, 0.15) is 0 Å². The lowest BCUT2D eigenvalue weighted by Crippen LogP contribution is -2.07. The average molecular weight is 443 g/mol. The quantitative estimate of drug-likeness (QED) is 0.346. The number of aryl methyl sites for hydroxylation is 1. The highest BCUT2D eigenvalue weighted by molar-refractivity contribution is 7.53. The van der Waals surface area contributed by atoms with Gasteiger partial charge in [0.25, 0.3) is 0 Å². The van der Waals surface area contributed by atoms with E-state index in [1.807, 2.05) is 13.1 Å². The van der Waals surface area contributed by atoms with E-state index < -0.39 is 7.60 Å². The van der Waals surface area contributed by atoms with Gasteiger partial charge in [-0.1, -0.05) is 12.1 Å². The van der Waals surface area contributed by atoms with Crippen LogP contribution in [0.25, 0.3) is 17.3 Å². The molecule has 3 aromatic rings. The van der Waals surface area contributed by atoms with E-state index in [0.29, 0.717) is 18.9 Å². The van der Waals surface area contributed by atoms with Gasteiger partial charge in [0.15, 0.2) is 0 Å². The topological polar surface area (TPSA) is 95.6 Å². The van der Waals surface area contributed by atoms with E-state index in [2.05, 4.69) is 10.4 Å². The molecule has 1 aromatic carbocycles. The van der Waals surface area contributed by atoms with Gasteiger partial charge >= 0.3 is 7.60 Å². The van der Waals surface area contributed by atoms with Crippen molar-refractivity contribution in [2.24, 2.45) is 7.05 Å². The normalized spacial score (nSPS) is 11.8. The van der Waals surface area contributed by atoms with E-state index in [1.165, 1.54) is 6.08 Å². The zero-order valence-electron chi connectivity index (χ0n) is 17.8. The van der Waals surface area contributed by atoms with Gasteiger partial charge in [0.05, 0.1) is 43.8 Å². The summed E-state index contributed by atoms with van der Waals surface area (Å²) in [6, 6.07) is 8.94. The Hall–Kier alpha value is -2.93. The second-order valence-electron chi connectivity index (χ2n) is 6.71. The summed E-state index contributed by atoms with van der Waals surface area (Å²) in [6.07, 6.45) is 8.25. The number of hydrogen-bond donors (Lipinski definition) is 1. The van der Waals surface area contributed by atoms with Gasteiger partial charge in [-0.2, -0.15) is 5.10 Å². The Bertz CT molecular complexity index is 1060. The number of nitrogens with zero attached hydrogens (tertiary/aromatic N) is 2. The molecule has 0 aliphatic heterocycles. The molecule has 0 atom stereocenters. The lowest BCUT2D eigenvalue weighted by atomic mass is 10.1. The minimum absolute atomic E-state index is 0.181. The van der Waals surface area contributed by atoms with Crippen LogP contribution in [0.15, 0.2) is 59.5 Å². The second-order valence-corrected chi connectivity index (χ2v) is 8.76. The number of carbonyl (C=O) groups excluding carboxylic acids is 1. The number of carbonyl (C=O) groups is 1. The summed E-state index contributed by atoms with van der Waals surface area (Å²) in [5, 5.41) is 7.06. The van der Waals surface area contributed by atoms with E-state index in [4.69, 9.17) is 13.5 Å². The Labute approximate surface area is 181 Å². The molecule has 1 amide bonds. The average Bonchev–Trinajstić information content (AvgIpc) is 3.37. The van der Waals surface area contributed by atoms with Crippen LogP contribution in [0.1, 0.15) is 25.0 Å². The van der Waals surface area contributed by atoms with Gasteiger partial charge in [-0.3, -0.25) is 14.0 Å². The van der Waals surface area contributed by atoms with Crippen molar-refractivity contribution >= 4 is 25.3 Å². The molecule has 1 N–H and O–H groups in total. The molecule has 164 valence electrons. The monoisotopic (exact) mass is 443 g/mol. The molecule has 0 spiro atoms. The Balaban J connectivity index is 1.64. The maximum atomic E-state index is 12.6. The first-order valence-electron chi connectivity index (χ1n) is 9.95. The number of anilines is 1. The van der Waals surface area contributed by atoms with E-state index in [0.717, 1.165) is 22.4 Å². The van der Waals surface area contributed by atoms with E-state index >= 15 is 0 Å². The Morgan fingerprint density at radius 2 is 1.90 bits per heavy atom. The highest BCUT2D eigenvalue weighted by Crippen LogP contribution is 2.51. The fraction of sp³-hybridized carbons (Fsp3) is 0.273. The van der Waals surface area contributed by atoms with Crippen molar-refractivity contribution in [3.05, 3.63) is 66.3 Å². The van der Waals surface area contributed by atoms with Crippen LogP contribution in [0, 0.1) is 0 Å². The molecular weight excluding hydrogens is 417 g/mol. The summed E-state index contributed by atoms with van der Waals surface area (Å²) < 4.78 is 30.2. The predicted molar refractivity (Wildman–Crippen MR) is 120 cm³/mol. The lowest BCUT2D eigenvalue weighted by Gasteiger charge is -2.17.